The zero-order valence-corrected chi connectivity index (χ0v) is 22.6. The van der Waals surface area contributed by atoms with Gasteiger partial charge < -0.3 is 14.5 Å². The Kier molecular flexibility index (Phi) is 9.26. The zero-order chi connectivity index (χ0) is 24.9. The molecule has 0 heterocycles. The lowest BCUT2D eigenvalue weighted by Crippen LogP contribution is -2.50. The Labute approximate surface area is 200 Å². The van der Waals surface area contributed by atoms with Gasteiger partial charge in [-0.15, -0.1) is 0 Å². The van der Waals surface area contributed by atoms with E-state index in [-0.39, 0.29) is 11.8 Å². The summed E-state index contributed by atoms with van der Waals surface area (Å²) in [6, 6.07) is 9.14. The zero-order valence-electron chi connectivity index (χ0n) is 21.6. The average Bonchev–Trinajstić information content (AvgIpc) is 2.72. The van der Waals surface area contributed by atoms with Crippen molar-refractivity contribution in [3.8, 4) is 5.75 Å². The molecule has 2 aromatic rings. The number of aryl methyl sites for hydroxylation is 2. The van der Waals surface area contributed by atoms with Crippen LogP contribution in [0.1, 0.15) is 74.2 Å². The first-order chi connectivity index (χ1) is 15.4. The number of carbonyl (C=O) groups excluding carboxylic acids is 1. The molecule has 1 N–H and O–H groups in total. The standard InChI is InChI=1S/C27H40FNO3Si/c1-17(2)33(18(3)4,19(5)6)32-23-13-21(8)25(26(28)14-23)16-29-15-22-10-11-24(20(7)12-22)27(30)31-9/h10-14,17-19,29H,15-16H2,1-9H3. The van der Waals surface area contributed by atoms with Crippen LogP contribution in [0.5, 0.6) is 5.75 Å². The molecule has 6 heteroatoms. The summed E-state index contributed by atoms with van der Waals surface area (Å²) in [7, 11) is -0.761. The third-order valence-electron chi connectivity index (χ3n) is 6.72. The minimum absolute atomic E-state index is 0.242. The van der Waals surface area contributed by atoms with Gasteiger partial charge in [0.1, 0.15) is 11.6 Å². The lowest BCUT2D eigenvalue weighted by molar-refractivity contribution is 0.0600. The van der Waals surface area contributed by atoms with Crippen LogP contribution in [0.3, 0.4) is 0 Å². The van der Waals surface area contributed by atoms with Crippen LogP contribution in [0.2, 0.25) is 16.6 Å². The highest BCUT2D eigenvalue weighted by Crippen LogP contribution is 2.43. The molecule has 0 atom stereocenters. The van der Waals surface area contributed by atoms with Gasteiger partial charge in [-0.05, 0) is 59.3 Å². The van der Waals surface area contributed by atoms with Gasteiger partial charge in [0.05, 0.1) is 12.7 Å². The molecule has 0 saturated carbocycles. The van der Waals surface area contributed by atoms with Crippen LogP contribution in [0.15, 0.2) is 30.3 Å². The van der Waals surface area contributed by atoms with E-state index < -0.39 is 8.32 Å². The Morgan fingerprint density at radius 2 is 1.55 bits per heavy atom. The Morgan fingerprint density at radius 1 is 0.939 bits per heavy atom. The van der Waals surface area contributed by atoms with E-state index in [0.717, 1.165) is 16.7 Å². The molecule has 0 unspecified atom stereocenters. The van der Waals surface area contributed by atoms with Gasteiger partial charge in [-0.3, -0.25) is 0 Å². The molecule has 33 heavy (non-hydrogen) atoms. The molecule has 0 aliphatic heterocycles. The van der Waals surface area contributed by atoms with E-state index in [4.69, 9.17) is 9.16 Å². The van der Waals surface area contributed by atoms with Crippen molar-refractivity contribution in [3.63, 3.8) is 0 Å². The second-order valence-corrected chi connectivity index (χ2v) is 15.2. The van der Waals surface area contributed by atoms with Crippen LogP contribution in [0, 0.1) is 19.7 Å². The number of nitrogens with one attached hydrogen (secondary N) is 1. The van der Waals surface area contributed by atoms with Gasteiger partial charge >= 0.3 is 5.97 Å². The number of rotatable bonds is 10. The van der Waals surface area contributed by atoms with Crippen molar-refractivity contribution >= 4 is 14.3 Å². The molecule has 0 radical (unpaired) electrons. The normalized spacial score (nSPS) is 12.0. The van der Waals surface area contributed by atoms with Crippen LogP contribution < -0.4 is 9.74 Å². The predicted molar refractivity (Wildman–Crippen MR) is 136 cm³/mol. The van der Waals surface area contributed by atoms with E-state index in [9.17, 15) is 4.79 Å². The van der Waals surface area contributed by atoms with Crippen LogP contribution >= 0.6 is 0 Å². The first-order valence-electron chi connectivity index (χ1n) is 11.8. The summed E-state index contributed by atoms with van der Waals surface area (Å²) in [5.74, 6) is 0.0610. The Hall–Kier alpha value is -2.18. The maximum atomic E-state index is 15.1. The molecular weight excluding hydrogens is 433 g/mol. The average molecular weight is 474 g/mol. The number of methoxy groups -OCH3 is 1. The minimum atomic E-state index is -2.14. The van der Waals surface area contributed by atoms with Crippen LogP contribution in [-0.2, 0) is 17.8 Å². The van der Waals surface area contributed by atoms with Crippen molar-refractivity contribution < 1.29 is 18.3 Å². The fraction of sp³-hybridized carbons (Fsp3) is 0.519. The maximum Gasteiger partial charge on any atom is 0.338 e. The van der Waals surface area contributed by atoms with E-state index in [0.29, 0.717) is 46.6 Å². The second kappa shape index (κ2) is 11.3. The van der Waals surface area contributed by atoms with Crippen molar-refractivity contribution in [2.24, 2.45) is 0 Å². The Balaban J connectivity index is 2.15. The Morgan fingerprint density at radius 3 is 2.03 bits per heavy atom. The van der Waals surface area contributed by atoms with Gasteiger partial charge in [-0.25, -0.2) is 9.18 Å². The molecule has 4 nitrogen and oxygen atoms in total. The van der Waals surface area contributed by atoms with Gasteiger partial charge in [0, 0.05) is 24.7 Å². The summed E-state index contributed by atoms with van der Waals surface area (Å²) in [4.78, 5) is 11.8. The fourth-order valence-corrected chi connectivity index (χ4v) is 10.3. The number of carbonyl (C=O) groups is 1. The highest BCUT2D eigenvalue weighted by Gasteiger charge is 2.47. The van der Waals surface area contributed by atoms with Gasteiger partial charge in [0.25, 0.3) is 8.32 Å². The quantitative estimate of drug-likeness (QED) is 0.296. The van der Waals surface area contributed by atoms with Crippen LogP contribution in [0.4, 0.5) is 4.39 Å². The number of halogens is 1. The number of esters is 1. The van der Waals surface area contributed by atoms with E-state index in [1.807, 2.05) is 32.0 Å². The van der Waals surface area contributed by atoms with E-state index >= 15 is 4.39 Å². The number of ether oxygens (including phenoxy) is 1. The summed E-state index contributed by atoms with van der Waals surface area (Å²) in [6.45, 7) is 18.2. The molecule has 0 fully saturated rings. The second-order valence-electron chi connectivity index (χ2n) is 9.86. The molecule has 0 spiro atoms. The summed E-state index contributed by atoms with van der Waals surface area (Å²) >= 11 is 0. The first kappa shape index (κ1) is 27.1. The lowest BCUT2D eigenvalue weighted by Gasteiger charge is -2.42. The Bertz CT molecular complexity index is 927. The molecule has 2 rings (SSSR count). The summed E-state index contributed by atoms with van der Waals surface area (Å²) in [5.41, 5.74) is 5.26. The first-order valence-corrected chi connectivity index (χ1v) is 13.9. The molecule has 0 amide bonds. The van der Waals surface area contributed by atoms with Crippen molar-refractivity contribution in [1.82, 2.24) is 5.32 Å². The van der Waals surface area contributed by atoms with Gasteiger partial charge in [-0.1, -0.05) is 53.7 Å². The number of hydrogen-bond acceptors (Lipinski definition) is 4. The van der Waals surface area contributed by atoms with E-state index in [2.05, 4.69) is 46.9 Å². The molecule has 0 aliphatic rings. The third-order valence-corrected chi connectivity index (χ3v) is 12.7. The summed E-state index contributed by atoms with van der Waals surface area (Å²) < 4.78 is 26.6. The fourth-order valence-electron chi connectivity index (χ4n) is 5.09. The molecular formula is C27H40FNO3Si. The molecule has 0 aliphatic carbocycles. The number of benzene rings is 2. The minimum Gasteiger partial charge on any atom is -0.543 e. The van der Waals surface area contributed by atoms with Gasteiger partial charge in [0.15, 0.2) is 0 Å². The topological polar surface area (TPSA) is 47.6 Å². The SMILES string of the molecule is COC(=O)c1ccc(CNCc2c(C)cc(O[Si](C(C)C)(C(C)C)C(C)C)cc2F)cc1C. The summed E-state index contributed by atoms with van der Waals surface area (Å²) in [6.07, 6.45) is 0. The highest BCUT2D eigenvalue weighted by atomic mass is 28.4. The maximum absolute atomic E-state index is 15.1. The highest BCUT2D eigenvalue weighted by molar-refractivity contribution is 6.78. The molecule has 2 aromatic carbocycles. The third kappa shape index (κ3) is 6.04. The van der Waals surface area contributed by atoms with Crippen LogP contribution in [-0.4, -0.2) is 21.4 Å². The monoisotopic (exact) mass is 473 g/mol. The van der Waals surface area contributed by atoms with Crippen molar-refractivity contribution in [2.75, 3.05) is 7.11 Å². The van der Waals surface area contributed by atoms with Crippen molar-refractivity contribution in [3.05, 3.63) is 64.0 Å². The van der Waals surface area contributed by atoms with Crippen molar-refractivity contribution in [1.29, 1.82) is 0 Å². The number of hydrogen-bond donors (Lipinski definition) is 1. The molecule has 0 aromatic heterocycles. The smallest absolute Gasteiger partial charge is 0.338 e. The van der Waals surface area contributed by atoms with Gasteiger partial charge in [-0.2, -0.15) is 0 Å². The van der Waals surface area contributed by atoms with Crippen molar-refractivity contribution in [2.45, 2.75) is 85.1 Å². The summed E-state index contributed by atoms with van der Waals surface area (Å²) in [5, 5.41) is 3.32. The molecule has 0 bridgehead atoms. The van der Waals surface area contributed by atoms with E-state index in [1.54, 1.807) is 12.1 Å². The predicted octanol–water partition coefficient (Wildman–Crippen LogP) is 7.07. The molecule has 182 valence electrons. The van der Waals surface area contributed by atoms with Crippen LogP contribution in [0.25, 0.3) is 0 Å². The lowest BCUT2D eigenvalue weighted by atomic mass is 10.0. The van der Waals surface area contributed by atoms with E-state index in [1.165, 1.54) is 7.11 Å². The van der Waals surface area contributed by atoms with Gasteiger partial charge in [0.2, 0.25) is 0 Å². The largest absolute Gasteiger partial charge is 0.543 e. The molecule has 0 saturated heterocycles.